The molecular weight excluding hydrogens is 232 g/mol. The highest BCUT2D eigenvalue weighted by Crippen LogP contribution is 2.11. The lowest BCUT2D eigenvalue weighted by atomic mass is 10.2. The molecule has 0 amide bonds. The quantitative estimate of drug-likeness (QED) is 0.853. The van der Waals surface area contributed by atoms with Gasteiger partial charge in [-0.25, -0.2) is 0 Å². The minimum absolute atomic E-state index is 0.392. The van der Waals surface area contributed by atoms with E-state index in [1.165, 1.54) is 30.2 Å². The summed E-state index contributed by atoms with van der Waals surface area (Å²) in [5.74, 6) is 2.58. The Balaban J connectivity index is 1.67. The molecule has 5 heteroatoms. The van der Waals surface area contributed by atoms with Crippen LogP contribution in [0.15, 0.2) is 12.4 Å². The zero-order valence-corrected chi connectivity index (χ0v) is 11.5. The van der Waals surface area contributed by atoms with E-state index in [1.54, 1.807) is 0 Å². The van der Waals surface area contributed by atoms with Crippen molar-refractivity contribution in [3.8, 4) is 0 Å². The molecule has 1 unspecified atom stereocenters. The summed E-state index contributed by atoms with van der Waals surface area (Å²) in [6, 6.07) is 0.392. The summed E-state index contributed by atoms with van der Waals surface area (Å²) in [4.78, 5) is 2.54. The summed E-state index contributed by atoms with van der Waals surface area (Å²) in [6.07, 6.45) is 4.02. The summed E-state index contributed by atoms with van der Waals surface area (Å²) in [5, 5.41) is 7.76. The van der Waals surface area contributed by atoms with Crippen molar-refractivity contribution in [3.63, 3.8) is 0 Å². The second-order valence-corrected chi connectivity index (χ2v) is 5.80. The average molecular weight is 254 g/mol. The smallest absolute Gasteiger partial charge is 0.0537 e. The fourth-order valence-electron chi connectivity index (χ4n) is 2.05. The summed E-state index contributed by atoms with van der Waals surface area (Å²) in [7, 11) is 1.96. The van der Waals surface area contributed by atoms with Crippen molar-refractivity contribution in [1.82, 2.24) is 20.0 Å². The molecule has 0 spiro atoms. The van der Waals surface area contributed by atoms with Crippen LogP contribution in [0.5, 0.6) is 0 Å². The van der Waals surface area contributed by atoms with Gasteiger partial charge in [0.05, 0.1) is 6.20 Å². The Morgan fingerprint density at radius 2 is 2.24 bits per heavy atom. The second-order valence-electron chi connectivity index (χ2n) is 4.58. The van der Waals surface area contributed by atoms with Gasteiger partial charge in [0.25, 0.3) is 0 Å². The number of hydrogen-bond donors (Lipinski definition) is 1. The number of nitrogens with zero attached hydrogens (tertiary/aromatic N) is 3. The Kier molecular flexibility index (Phi) is 4.88. The van der Waals surface area contributed by atoms with Crippen molar-refractivity contribution in [2.75, 3.05) is 37.7 Å². The zero-order chi connectivity index (χ0) is 12.1. The Morgan fingerprint density at radius 1 is 1.47 bits per heavy atom. The molecule has 1 aliphatic heterocycles. The molecule has 2 rings (SSSR count). The Bertz CT molecular complexity index is 333. The first-order chi connectivity index (χ1) is 8.25. The van der Waals surface area contributed by atoms with Gasteiger partial charge in [0.15, 0.2) is 0 Å². The number of thioether (sulfide) groups is 1. The van der Waals surface area contributed by atoms with Gasteiger partial charge in [-0.05, 0) is 6.92 Å². The monoisotopic (exact) mass is 254 g/mol. The number of aryl methyl sites for hydroxylation is 1. The van der Waals surface area contributed by atoms with E-state index >= 15 is 0 Å². The van der Waals surface area contributed by atoms with Crippen molar-refractivity contribution >= 4 is 11.8 Å². The normalized spacial score (nSPS) is 19.4. The predicted molar refractivity (Wildman–Crippen MR) is 73.4 cm³/mol. The molecule has 1 aromatic rings. The molecule has 0 bridgehead atoms. The summed E-state index contributed by atoms with van der Waals surface area (Å²) >= 11 is 2.06. The topological polar surface area (TPSA) is 33.1 Å². The molecule has 1 atom stereocenters. The van der Waals surface area contributed by atoms with E-state index in [-0.39, 0.29) is 0 Å². The summed E-state index contributed by atoms with van der Waals surface area (Å²) in [6.45, 7) is 6.90. The summed E-state index contributed by atoms with van der Waals surface area (Å²) in [5.41, 5.74) is 1.27. The van der Waals surface area contributed by atoms with Gasteiger partial charge in [-0.15, -0.1) is 0 Å². The van der Waals surface area contributed by atoms with E-state index in [0.717, 1.165) is 13.1 Å². The van der Waals surface area contributed by atoms with Crippen LogP contribution in [0.25, 0.3) is 0 Å². The molecule has 0 saturated carbocycles. The average Bonchev–Trinajstić information content (AvgIpc) is 2.77. The van der Waals surface area contributed by atoms with Crippen molar-refractivity contribution in [2.45, 2.75) is 13.0 Å². The molecule has 1 aliphatic rings. The lowest BCUT2D eigenvalue weighted by Crippen LogP contribution is -2.38. The molecular formula is C12H22N4S. The van der Waals surface area contributed by atoms with Gasteiger partial charge in [-0.2, -0.15) is 16.9 Å². The van der Waals surface area contributed by atoms with Crippen LogP contribution < -0.4 is 5.32 Å². The van der Waals surface area contributed by atoms with Crippen LogP contribution in [-0.4, -0.2) is 52.4 Å². The number of hydrogen-bond acceptors (Lipinski definition) is 4. The van der Waals surface area contributed by atoms with Crippen molar-refractivity contribution in [2.24, 2.45) is 7.05 Å². The highest BCUT2D eigenvalue weighted by molar-refractivity contribution is 7.99. The Morgan fingerprint density at radius 3 is 2.88 bits per heavy atom. The fraction of sp³-hybridized carbons (Fsp3) is 0.750. The maximum Gasteiger partial charge on any atom is 0.0537 e. The van der Waals surface area contributed by atoms with Crippen LogP contribution >= 0.6 is 11.8 Å². The maximum absolute atomic E-state index is 4.20. The van der Waals surface area contributed by atoms with E-state index < -0.39 is 0 Å². The van der Waals surface area contributed by atoms with Crippen LogP contribution in [0.4, 0.5) is 0 Å². The highest BCUT2D eigenvalue weighted by Gasteiger charge is 2.11. The van der Waals surface area contributed by atoms with Gasteiger partial charge in [0, 0.05) is 62.5 Å². The molecule has 4 nitrogen and oxygen atoms in total. The highest BCUT2D eigenvalue weighted by atomic mass is 32.2. The predicted octanol–water partition coefficient (Wildman–Crippen LogP) is 1.12. The molecule has 17 heavy (non-hydrogen) atoms. The van der Waals surface area contributed by atoms with Crippen LogP contribution in [0.3, 0.4) is 0 Å². The molecule has 1 aromatic heterocycles. The van der Waals surface area contributed by atoms with Gasteiger partial charge in [-0.3, -0.25) is 4.68 Å². The lowest BCUT2D eigenvalue weighted by Gasteiger charge is -2.26. The first-order valence-electron chi connectivity index (χ1n) is 6.28. The Labute approximate surface area is 108 Å². The van der Waals surface area contributed by atoms with Crippen molar-refractivity contribution < 1.29 is 0 Å². The van der Waals surface area contributed by atoms with Crippen LogP contribution in [0.1, 0.15) is 18.5 Å². The van der Waals surface area contributed by atoms with Crippen LogP contribution in [-0.2, 0) is 7.05 Å². The zero-order valence-electron chi connectivity index (χ0n) is 10.7. The van der Waals surface area contributed by atoms with Crippen molar-refractivity contribution in [1.29, 1.82) is 0 Å². The standard InChI is InChI=1S/C12H22N4S/c1-11(12-9-14-15(2)10-12)13-3-4-16-5-7-17-8-6-16/h9-11,13H,3-8H2,1-2H3. The van der Waals surface area contributed by atoms with Gasteiger partial charge >= 0.3 is 0 Å². The number of aromatic nitrogens is 2. The van der Waals surface area contributed by atoms with Gasteiger partial charge < -0.3 is 10.2 Å². The third-order valence-corrected chi connectivity index (χ3v) is 4.15. The molecule has 96 valence electrons. The molecule has 0 radical (unpaired) electrons. The number of rotatable bonds is 5. The van der Waals surface area contributed by atoms with Gasteiger partial charge in [0.2, 0.25) is 0 Å². The molecule has 0 aromatic carbocycles. The van der Waals surface area contributed by atoms with E-state index in [0.29, 0.717) is 6.04 Å². The molecule has 1 saturated heterocycles. The molecule has 0 aliphatic carbocycles. The summed E-state index contributed by atoms with van der Waals surface area (Å²) < 4.78 is 1.86. The minimum atomic E-state index is 0.392. The largest absolute Gasteiger partial charge is 0.309 e. The van der Waals surface area contributed by atoms with E-state index in [1.807, 2.05) is 17.9 Å². The first kappa shape index (κ1) is 12.9. The SMILES string of the molecule is CC(NCCN1CCSCC1)c1cnn(C)c1. The third-order valence-electron chi connectivity index (χ3n) is 3.21. The van der Waals surface area contributed by atoms with Crippen molar-refractivity contribution in [3.05, 3.63) is 18.0 Å². The van der Waals surface area contributed by atoms with Gasteiger partial charge in [-0.1, -0.05) is 0 Å². The minimum Gasteiger partial charge on any atom is -0.309 e. The maximum atomic E-state index is 4.20. The first-order valence-corrected chi connectivity index (χ1v) is 7.43. The third kappa shape index (κ3) is 4.01. The lowest BCUT2D eigenvalue weighted by molar-refractivity contribution is 0.297. The molecule has 1 N–H and O–H groups in total. The van der Waals surface area contributed by atoms with E-state index in [9.17, 15) is 0 Å². The van der Waals surface area contributed by atoms with Crippen LogP contribution in [0.2, 0.25) is 0 Å². The molecule has 2 heterocycles. The Hall–Kier alpha value is -0.520. The molecule has 1 fully saturated rings. The second kappa shape index (κ2) is 6.42. The number of nitrogens with one attached hydrogen (secondary N) is 1. The van der Waals surface area contributed by atoms with E-state index in [2.05, 4.69) is 40.2 Å². The van der Waals surface area contributed by atoms with Gasteiger partial charge in [0.1, 0.15) is 0 Å². The van der Waals surface area contributed by atoms with E-state index in [4.69, 9.17) is 0 Å². The van der Waals surface area contributed by atoms with Crippen LogP contribution in [0, 0.1) is 0 Å². The fourth-order valence-corrected chi connectivity index (χ4v) is 3.02.